The van der Waals surface area contributed by atoms with Gasteiger partial charge in [0.2, 0.25) is 0 Å². The Hall–Kier alpha value is -1.38. The molecular formula is C21H35N5O2S. The van der Waals surface area contributed by atoms with Gasteiger partial charge in [0.1, 0.15) is 0 Å². The Kier molecular flexibility index (Phi) is 7.62. The molecule has 1 aromatic heterocycles. The molecule has 1 aromatic rings. The molecule has 4 rings (SSSR count). The van der Waals surface area contributed by atoms with Gasteiger partial charge in [0.15, 0.2) is 11.1 Å². The molecule has 1 atom stereocenters. The Balaban J connectivity index is 1.15. The summed E-state index contributed by atoms with van der Waals surface area (Å²) in [6.45, 7) is 6.82. The number of piperidine rings is 1. The molecule has 3 aliphatic heterocycles. The van der Waals surface area contributed by atoms with Gasteiger partial charge in [-0.2, -0.15) is 0 Å². The number of hydrogen-bond donors (Lipinski definition) is 1. The van der Waals surface area contributed by atoms with Crippen molar-refractivity contribution >= 4 is 22.4 Å². The molecule has 3 fully saturated rings. The summed E-state index contributed by atoms with van der Waals surface area (Å²) in [6, 6.07) is 0. The van der Waals surface area contributed by atoms with Crippen molar-refractivity contribution in [3.63, 3.8) is 0 Å². The molecule has 1 N–H and O–H groups in total. The van der Waals surface area contributed by atoms with Crippen LogP contribution in [0.4, 0.5) is 5.13 Å². The third-order valence-electron chi connectivity index (χ3n) is 6.08. The number of rotatable bonds is 7. The number of anilines is 1. The summed E-state index contributed by atoms with van der Waals surface area (Å²) in [7, 11) is 1.87. The fourth-order valence-corrected chi connectivity index (χ4v) is 5.27. The number of aliphatic imine (C=N–C) groups is 1. The summed E-state index contributed by atoms with van der Waals surface area (Å²) in [5.41, 5.74) is 1.18. The monoisotopic (exact) mass is 421 g/mol. The normalized spacial score (nSPS) is 23.9. The maximum absolute atomic E-state index is 6.09. The predicted octanol–water partition coefficient (Wildman–Crippen LogP) is 2.52. The minimum Gasteiger partial charge on any atom is -0.376 e. The molecule has 1 unspecified atom stereocenters. The number of thiazole rings is 1. The molecule has 0 bridgehead atoms. The van der Waals surface area contributed by atoms with Crippen molar-refractivity contribution in [3.05, 3.63) is 11.1 Å². The van der Waals surface area contributed by atoms with Crippen molar-refractivity contribution in [2.24, 2.45) is 4.99 Å². The van der Waals surface area contributed by atoms with Gasteiger partial charge in [0.05, 0.1) is 24.5 Å². The molecule has 3 saturated heterocycles. The van der Waals surface area contributed by atoms with E-state index in [-0.39, 0.29) is 0 Å². The molecule has 4 heterocycles. The van der Waals surface area contributed by atoms with Gasteiger partial charge in [0.25, 0.3) is 0 Å². The van der Waals surface area contributed by atoms with E-state index in [0.717, 1.165) is 77.6 Å². The number of hydrogen-bond acceptors (Lipinski definition) is 6. The molecule has 162 valence electrons. The maximum atomic E-state index is 6.09. The first kappa shape index (κ1) is 20.9. The predicted molar refractivity (Wildman–Crippen MR) is 118 cm³/mol. The van der Waals surface area contributed by atoms with Crippen LogP contribution in [-0.4, -0.2) is 81.0 Å². The maximum Gasteiger partial charge on any atom is 0.193 e. The number of ether oxygens (including phenoxy) is 2. The molecule has 0 aromatic carbocycles. The largest absolute Gasteiger partial charge is 0.376 e. The van der Waals surface area contributed by atoms with E-state index in [1.165, 1.54) is 30.1 Å². The first-order valence-corrected chi connectivity index (χ1v) is 12.1. The van der Waals surface area contributed by atoms with E-state index in [1.54, 1.807) is 11.3 Å². The first-order valence-electron chi connectivity index (χ1n) is 11.2. The fraction of sp³-hybridized carbons (Fsp3) is 0.810. The van der Waals surface area contributed by atoms with Crippen LogP contribution >= 0.6 is 11.3 Å². The van der Waals surface area contributed by atoms with Crippen molar-refractivity contribution < 1.29 is 9.47 Å². The van der Waals surface area contributed by atoms with Crippen molar-refractivity contribution in [1.29, 1.82) is 0 Å². The van der Waals surface area contributed by atoms with Crippen LogP contribution in [0.25, 0.3) is 0 Å². The van der Waals surface area contributed by atoms with Gasteiger partial charge in [-0.3, -0.25) is 4.99 Å². The topological polar surface area (TPSA) is 62.2 Å². The summed E-state index contributed by atoms with van der Waals surface area (Å²) in [6.07, 6.45) is 8.63. The molecule has 7 nitrogen and oxygen atoms in total. The minimum absolute atomic E-state index is 0.319. The van der Waals surface area contributed by atoms with E-state index in [9.17, 15) is 0 Å². The van der Waals surface area contributed by atoms with Gasteiger partial charge in [-0.15, -0.1) is 11.3 Å². The molecule has 0 aliphatic carbocycles. The summed E-state index contributed by atoms with van der Waals surface area (Å²) >= 11 is 1.78. The van der Waals surface area contributed by atoms with Crippen LogP contribution in [-0.2, 0) is 15.9 Å². The van der Waals surface area contributed by atoms with Gasteiger partial charge in [-0.05, 0) is 38.5 Å². The van der Waals surface area contributed by atoms with Crippen LogP contribution in [0.5, 0.6) is 0 Å². The van der Waals surface area contributed by atoms with Crippen molar-refractivity contribution in [3.8, 4) is 0 Å². The highest BCUT2D eigenvalue weighted by Crippen LogP contribution is 2.24. The van der Waals surface area contributed by atoms with E-state index in [4.69, 9.17) is 14.5 Å². The molecule has 3 aliphatic rings. The van der Waals surface area contributed by atoms with Crippen LogP contribution in [0.2, 0.25) is 0 Å². The van der Waals surface area contributed by atoms with Crippen LogP contribution in [0, 0.1) is 0 Å². The standard InChI is InChI=1S/C21H35N5O2S/c1-22-20(23-9-6-17-16-29-21(24-17)26-10-2-3-11-26)25-12-7-18(8-13-25)28-15-19-5-4-14-27-19/h16,18-19H,2-15H2,1H3,(H,22,23). The molecule has 0 radical (unpaired) electrons. The Morgan fingerprint density at radius 3 is 2.79 bits per heavy atom. The molecule has 0 amide bonds. The van der Waals surface area contributed by atoms with Crippen molar-refractivity contribution in [2.75, 3.05) is 57.9 Å². The summed E-state index contributed by atoms with van der Waals surface area (Å²) in [5, 5.41) is 6.91. The summed E-state index contributed by atoms with van der Waals surface area (Å²) < 4.78 is 11.7. The Morgan fingerprint density at radius 2 is 2.07 bits per heavy atom. The second-order valence-electron chi connectivity index (χ2n) is 8.19. The molecule has 0 spiro atoms. The van der Waals surface area contributed by atoms with Crippen LogP contribution in [0.15, 0.2) is 10.4 Å². The highest BCUT2D eigenvalue weighted by Gasteiger charge is 2.24. The Bertz CT molecular complexity index is 647. The van der Waals surface area contributed by atoms with Gasteiger partial charge >= 0.3 is 0 Å². The van der Waals surface area contributed by atoms with Gasteiger partial charge in [0, 0.05) is 58.2 Å². The average Bonchev–Trinajstić information content (AvgIpc) is 3.52. The fourth-order valence-electron chi connectivity index (χ4n) is 4.35. The quantitative estimate of drug-likeness (QED) is 0.539. The molecule has 0 saturated carbocycles. The van der Waals surface area contributed by atoms with E-state index in [2.05, 4.69) is 25.5 Å². The highest BCUT2D eigenvalue weighted by molar-refractivity contribution is 7.13. The lowest BCUT2D eigenvalue weighted by Gasteiger charge is -2.34. The second-order valence-corrected chi connectivity index (χ2v) is 9.03. The summed E-state index contributed by atoms with van der Waals surface area (Å²) in [4.78, 5) is 14.1. The second kappa shape index (κ2) is 10.6. The van der Waals surface area contributed by atoms with Gasteiger partial charge < -0.3 is 24.6 Å². The Labute approximate surface area is 178 Å². The highest BCUT2D eigenvalue weighted by atomic mass is 32.1. The third-order valence-corrected chi connectivity index (χ3v) is 7.03. The zero-order valence-electron chi connectivity index (χ0n) is 17.6. The van der Waals surface area contributed by atoms with Crippen LogP contribution in [0.1, 0.15) is 44.2 Å². The van der Waals surface area contributed by atoms with Crippen LogP contribution < -0.4 is 10.2 Å². The van der Waals surface area contributed by atoms with Crippen LogP contribution in [0.3, 0.4) is 0 Å². The van der Waals surface area contributed by atoms with Crippen molar-refractivity contribution in [1.82, 2.24) is 15.2 Å². The van der Waals surface area contributed by atoms with E-state index in [1.807, 2.05) is 7.05 Å². The molecule has 8 heteroatoms. The minimum atomic E-state index is 0.319. The first-order chi connectivity index (χ1) is 14.3. The SMILES string of the molecule is CN=C(NCCc1csc(N2CCCC2)n1)N1CCC(OCC2CCCO2)CC1. The number of likely N-dealkylation sites (tertiary alicyclic amines) is 1. The van der Waals surface area contributed by atoms with E-state index >= 15 is 0 Å². The zero-order valence-corrected chi connectivity index (χ0v) is 18.5. The zero-order chi connectivity index (χ0) is 19.9. The molecular weight excluding hydrogens is 386 g/mol. The number of aromatic nitrogens is 1. The van der Waals surface area contributed by atoms with E-state index in [0.29, 0.717) is 12.2 Å². The van der Waals surface area contributed by atoms with E-state index < -0.39 is 0 Å². The smallest absolute Gasteiger partial charge is 0.193 e. The molecule has 29 heavy (non-hydrogen) atoms. The average molecular weight is 422 g/mol. The number of nitrogens with one attached hydrogen (secondary N) is 1. The summed E-state index contributed by atoms with van der Waals surface area (Å²) in [5.74, 6) is 0.998. The van der Waals surface area contributed by atoms with Crippen molar-refractivity contribution in [2.45, 2.75) is 57.2 Å². The lowest BCUT2D eigenvalue weighted by molar-refractivity contribution is -0.0367. The Morgan fingerprint density at radius 1 is 1.24 bits per heavy atom. The number of nitrogens with zero attached hydrogens (tertiary/aromatic N) is 4. The third kappa shape index (κ3) is 5.83. The van der Waals surface area contributed by atoms with Gasteiger partial charge in [-0.25, -0.2) is 4.98 Å². The lowest BCUT2D eigenvalue weighted by Crippen LogP contribution is -2.47. The lowest BCUT2D eigenvalue weighted by atomic mass is 10.1. The number of guanidine groups is 1. The van der Waals surface area contributed by atoms with Gasteiger partial charge in [-0.1, -0.05) is 0 Å².